The molecule has 3 aromatic rings. The molecule has 0 saturated carbocycles. The van der Waals surface area contributed by atoms with E-state index in [0.717, 1.165) is 23.3 Å². The van der Waals surface area contributed by atoms with Crippen molar-refractivity contribution in [1.29, 1.82) is 0 Å². The first kappa shape index (κ1) is 19.2. The van der Waals surface area contributed by atoms with E-state index < -0.39 is 0 Å². The molecule has 0 heterocycles. The van der Waals surface area contributed by atoms with E-state index in [0.29, 0.717) is 0 Å². The molecule has 0 radical (unpaired) electrons. The van der Waals surface area contributed by atoms with Gasteiger partial charge in [0.2, 0.25) is 0 Å². The summed E-state index contributed by atoms with van der Waals surface area (Å²) in [4.78, 5) is 0. The molecule has 0 saturated heterocycles. The molecule has 0 nitrogen and oxygen atoms in total. The van der Waals surface area contributed by atoms with Gasteiger partial charge in [0.1, 0.15) is 0 Å². The molecule has 3 aromatic carbocycles. The van der Waals surface area contributed by atoms with E-state index in [1.165, 1.54) is 21.9 Å². The molecular weight excluding hydrogens is 312 g/mol. The number of hydrogen-bond acceptors (Lipinski definition) is 0. The minimum atomic E-state index is 0.997. The normalized spacial score (nSPS) is 12.6. The maximum atomic E-state index is 3.96. The van der Waals surface area contributed by atoms with E-state index >= 15 is 0 Å². The molecule has 0 N–H and O–H groups in total. The van der Waals surface area contributed by atoms with Gasteiger partial charge in [-0.3, -0.25) is 0 Å². The second-order valence-corrected chi connectivity index (χ2v) is 6.28. The third-order valence-corrected chi connectivity index (χ3v) is 4.01. The van der Waals surface area contributed by atoms with Crippen molar-refractivity contribution < 1.29 is 0 Å². The predicted octanol–water partition coefficient (Wildman–Crippen LogP) is 5.80. The standard InChI is InChI=1S/C12H10.C8H10.C6H6/c1-9-7-8-10(2)12-6-4-3-5-11(9)12;1-7-4-3-5-8(2)6-7;1-2-4-6-5-3-1/h3-8H,1-2H2;3-4H,1-2,5-6H2;1-6H. The van der Waals surface area contributed by atoms with Crippen LogP contribution in [0.2, 0.25) is 0 Å². The SMILES string of the molecule is C=C1C=CCC(=C)C1.C=c1ccc(=C)c2ccccc12.c1ccccc1. The average molecular weight is 338 g/mol. The van der Waals surface area contributed by atoms with Gasteiger partial charge in [-0.2, -0.15) is 0 Å². The molecule has 0 fully saturated rings. The van der Waals surface area contributed by atoms with Crippen LogP contribution in [-0.4, -0.2) is 0 Å². The first-order valence-electron chi connectivity index (χ1n) is 8.74. The van der Waals surface area contributed by atoms with Gasteiger partial charge >= 0.3 is 0 Å². The van der Waals surface area contributed by atoms with Crippen molar-refractivity contribution in [1.82, 2.24) is 0 Å². The summed E-state index contributed by atoms with van der Waals surface area (Å²) in [6.07, 6.45) is 6.21. The van der Waals surface area contributed by atoms with Gasteiger partial charge in [0.15, 0.2) is 0 Å². The van der Waals surface area contributed by atoms with Gasteiger partial charge in [-0.05, 0) is 34.1 Å². The monoisotopic (exact) mass is 338 g/mol. The Labute approximate surface area is 156 Å². The predicted molar refractivity (Wildman–Crippen MR) is 117 cm³/mol. The van der Waals surface area contributed by atoms with Crippen molar-refractivity contribution in [2.45, 2.75) is 12.8 Å². The summed E-state index contributed by atoms with van der Waals surface area (Å²) in [5.41, 5.74) is 2.46. The van der Waals surface area contributed by atoms with Crippen LogP contribution in [0.15, 0.2) is 109 Å². The maximum Gasteiger partial charge on any atom is -0.00727 e. The quantitative estimate of drug-likeness (QED) is 0.455. The van der Waals surface area contributed by atoms with Crippen molar-refractivity contribution in [2.75, 3.05) is 0 Å². The van der Waals surface area contributed by atoms with Gasteiger partial charge in [0.25, 0.3) is 0 Å². The molecule has 0 heteroatoms. The van der Waals surface area contributed by atoms with E-state index in [-0.39, 0.29) is 0 Å². The fraction of sp³-hybridized carbons (Fsp3) is 0.0769. The minimum Gasteiger partial charge on any atom is -0.0992 e. The highest BCUT2D eigenvalue weighted by atomic mass is 14.0. The summed E-state index contributed by atoms with van der Waals surface area (Å²) in [6, 6.07) is 24.2. The Morgan fingerprint density at radius 2 is 1.04 bits per heavy atom. The summed E-state index contributed by atoms with van der Waals surface area (Å²) in [5, 5.41) is 4.53. The van der Waals surface area contributed by atoms with Crippen LogP contribution in [-0.2, 0) is 0 Å². The Balaban J connectivity index is 0.000000151. The molecule has 1 aliphatic carbocycles. The lowest BCUT2D eigenvalue weighted by Crippen LogP contribution is -2.07. The van der Waals surface area contributed by atoms with Crippen LogP contribution in [0.4, 0.5) is 0 Å². The molecule has 0 aliphatic heterocycles. The van der Waals surface area contributed by atoms with Gasteiger partial charge < -0.3 is 0 Å². The van der Waals surface area contributed by atoms with Crippen molar-refractivity contribution in [3.05, 3.63) is 120 Å². The molecule has 0 atom stereocenters. The van der Waals surface area contributed by atoms with Crippen molar-refractivity contribution in [3.63, 3.8) is 0 Å². The molecule has 4 rings (SSSR count). The number of allylic oxidation sites excluding steroid dienone is 4. The molecule has 0 aromatic heterocycles. The van der Waals surface area contributed by atoms with Gasteiger partial charge in [0.05, 0.1) is 0 Å². The zero-order valence-electron chi connectivity index (χ0n) is 15.3. The van der Waals surface area contributed by atoms with Crippen LogP contribution >= 0.6 is 0 Å². The van der Waals surface area contributed by atoms with Gasteiger partial charge in [-0.1, -0.05) is 122 Å². The van der Waals surface area contributed by atoms with Crippen LogP contribution in [0.3, 0.4) is 0 Å². The summed E-state index contributed by atoms with van der Waals surface area (Å²) >= 11 is 0. The molecule has 1 aliphatic rings. The van der Waals surface area contributed by atoms with E-state index in [9.17, 15) is 0 Å². The van der Waals surface area contributed by atoms with Crippen molar-refractivity contribution >= 4 is 23.9 Å². The Kier molecular flexibility index (Phi) is 7.39. The number of hydrogen-bond donors (Lipinski definition) is 0. The first-order valence-corrected chi connectivity index (χ1v) is 8.74. The molecule has 0 unspecified atom stereocenters. The van der Waals surface area contributed by atoms with E-state index in [2.05, 4.69) is 50.6 Å². The average Bonchev–Trinajstić information content (AvgIpc) is 2.67. The van der Waals surface area contributed by atoms with Crippen LogP contribution in [0.1, 0.15) is 12.8 Å². The molecule has 0 amide bonds. The second kappa shape index (κ2) is 10.0. The third kappa shape index (κ3) is 6.07. The molecule has 0 spiro atoms. The van der Waals surface area contributed by atoms with Gasteiger partial charge in [0, 0.05) is 0 Å². The largest absolute Gasteiger partial charge is 0.0992 e. The Morgan fingerprint density at radius 3 is 1.38 bits per heavy atom. The van der Waals surface area contributed by atoms with Crippen LogP contribution < -0.4 is 10.4 Å². The Morgan fingerprint density at radius 1 is 0.577 bits per heavy atom. The zero-order valence-corrected chi connectivity index (χ0v) is 15.3. The summed E-state index contributed by atoms with van der Waals surface area (Å²) in [5.74, 6) is 0. The highest BCUT2D eigenvalue weighted by molar-refractivity contribution is 5.83. The number of rotatable bonds is 0. The lowest BCUT2D eigenvalue weighted by atomic mass is 9.99. The second-order valence-electron chi connectivity index (χ2n) is 6.28. The van der Waals surface area contributed by atoms with E-state index in [1.807, 2.05) is 60.7 Å². The van der Waals surface area contributed by atoms with Crippen molar-refractivity contribution in [3.8, 4) is 0 Å². The Bertz CT molecular complexity index is 916. The molecule has 130 valence electrons. The highest BCUT2D eigenvalue weighted by Gasteiger charge is 1.98. The fourth-order valence-electron chi connectivity index (χ4n) is 2.65. The maximum absolute atomic E-state index is 3.96. The topological polar surface area (TPSA) is 0 Å². The van der Waals surface area contributed by atoms with Crippen LogP contribution in [0.5, 0.6) is 0 Å². The summed E-state index contributed by atoms with van der Waals surface area (Å²) < 4.78 is 0. The van der Waals surface area contributed by atoms with Gasteiger partial charge in [-0.15, -0.1) is 0 Å². The molecule has 0 bridgehead atoms. The van der Waals surface area contributed by atoms with Crippen LogP contribution in [0.25, 0.3) is 23.9 Å². The Hall–Kier alpha value is -3.12. The lowest BCUT2D eigenvalue weighted by Gasteiger charge is -2.06. The molecule has 26 heavy (non-hydrogen) atoms. The summed E-state index contributed by atoms with van der Waals surface area (Å²) in [6.45, 7) is 15.6. The van der Waals surface area contributed by atoms with E-state index in [1.54, 1.807) is 0 Å². The smallest absolute Gasteiger partial charge is 0.00727 e. The first-order chi connectivity index (χ1) is 12.6. The minimum absolute atomic E-state index is 0.997. The van der Waals surface area contributed by atoms with Crippen LogP contribution in [0, 0.1) is 0 Å². The number of benzene rings is 3. The molecular formula is C26H26. The van der Waals surface area contributed by atoms with Gasteiger partial charge in [-0.25, -0.2) is 0 Å². The fourth-order valence-corrected chi connectivity index (χ4v) is 2.65. The summed E-state index contributed by atoms with van der Waals surface area (Å²) in [7, 11) is 0. The van der Waals surface area contributed by atoms with Crippen molar-refractivity contribution in [2.24, 2.45) is 0 Å². The lowest BCUT2D eigenvalue weighted by molar-refractivity contribution is 1.05. The highest BCUT2D eigenvalue weighted by Crippen LogP contribution is 2.17. The number of fused-ring (bicyclic) bond motifs is 1. The third-order valence-electron chi connectivity index (χ3n) is 4.01. The zero-order chi connectivity index (χ0) is 18.8. The van der Waals surface area contributed by atoms with E-state index in [4.69, 9.17) is 0 Å².